The van der Waals surface area contributed by atoms with Crippen LogP contribution in [0.2, 0.25) is 0 Å². The first-order chi connectivity index (χ1) is 9.74. The Morgan fingerprint density at radius 2 is 2.05 bits per heavy atom. The molecule has 0 aliphatic heterocycles. The van der Waals surface area contributed by atoms with Crippen molar-refractivity contribution < 1.29 is 14.3 Å². The summed E-state index contributed by atoms with van der Waals surface area (Å²) in [4.78, 5) is 10.5. The zero-order chi connectivity index (χ0) is 15.8. The first-order valence-corrected chi connectivity index (χ1v) is 6.95. The summed E-state index contributed by atoms with van der Waals surface area (Å²) in [6.45, 7) is 8.31. The highest BCUT2D eigenvalue weighted by atomic mass is 19.1. The van der Waals surface area contributed by atoms with Crippen molar-refractivity contribution in [1.82, 2.24) is 4.57 Å². The number of carbonyl (C=O) groups is 1. The summed E-state index contributed by atoms with van der Waals surface area (Å²) in [7, 11) is 0. The van der Waals surface area contributed by atoms with Crippen molar-refractivity contribution >= 4 is 23.0 Å². The molecular formula is C16H21FN2O2. The van der Waals surface area contributed by atoms with Gasteiger partial charge in [-0.2, -0.15) is 0 Å². The quantitative estimate of drug-likeness (QED) is 0.851. The van der Waals surface area contributed by atoms with E-state index in [-0.39, 0.29) is 11.1 Å². The molecule has 0 saturated carbocycles. The molecule has 2 aromatic rings. The van der Waals surface area contributed by atoms with Crippen molar-refractivity contribution in [3.63, 3.8) is 0 Å². The Morgan fingerprint density at radius 3 is 2.57 bits per heavy atom. The van der Waals surface area contributed by atoms with Crippen molar-refractivity contribution in [1.29, 1.82) is 0 Å². The zero-order valence-corrected chi connectivity index (χ0v) is 12.8. The SMILES string of the molecule is CC(O)Cn1c(C(C)(C)C)cc2cc(NC=O)c(F)cc21. The Morgan fingerprint density at radius 1 is 1.38 bits per heavy atom. The third-order valence-electron chi connectivity index (χ3n) is 3.42. The highest BCUT2D eigenvalue weighted by Gasteiger charge is 2.22. The molecule has 2 N–H and O–H groups in total. The number of carbonyl (C=O) groups excluding carboxylic acids is 1. The van der Waals surface area contributed by atoms with Crippen LogP contribution >= 0.6 is 0 Å². The second-order valence-electron chi connectivity index (χ2n) is 6.39. The number of aliphatic hydroxyl groups excluding tert-OH is 1. The number of hydrogen-bond acceptors (Lipinski definition) is 2. The number of nitrogens with one attached hydrogen (secondary N) is 1. The Hall–Kier alpha value is -1.88. The van der Waals surface area contributed by atoms with Gasteiger partial charge in [-0.1, -0.05) is 20.8 Å². The molecule has 1 aromatic carbocycles. The normalized spacial score (nSPS) is 13.4. The Bertz CT molecular complexity index is 669. The number of fused-ring (bicyclic) bond motifs is 1. The van der Waals surface area contributed by atoms with Gasteiger partial charge in [-0.15, -0.1) is 0 Å². The molecule has 2 rings (SSSR count). The number of anilines is 1. The van der Waals surface area contributed by atoms with Crippen LogP contribution in [0.15, 0.2) is 18.2 Å². The lowest BCUT2D eigenvalue weighted by atomic mass is 9.92. The molecule has 21 heavy (non-hydrogen) atoms. The number of aliphatic hydroxyl groups is 1. The van der Waals surface area contributed by atoms with Gasteiger partial charge in [0.25, 0.3) is 0 Å². The second kappa shape index (κ2) is 5.48. The number of rotatable bonds is 4. The van der Waals surface area contributed by atoms with E-state index in [2.05, 4.69) is 26.1 Å². The summed E-state index contributed by atoms with van der Waals surface area (Å²) in [5.74, 6) is -0.486. The Kier molecular flexibility index (Phi) is 4.05. The van der Waals surface area contributed by atoms with E-state index in [4.69, 9.17) is 0 Å². The van der Waals surface area contributed by atoms with Crippen molar-refractivity contribution in [3.05, 3.63) is 29.7 Å². The predicted molar refractivity (Wildman–Crippen MR) is 82.0 cm³/mol. The molecule has 0 aliphatic carbocycles. The van der Waals surface area contributed by atoms with Crippen molar-refractivity contribution in [2.45, 2.75) is 45.8 Å². The second-order valence-corrected chi connectivity index (χ2v) is 6.39. The van der Waals surface area contributed by atoms with Crippen LogP contribution in [0.1, 0.15) is 33.4 Å². The van der Waals surface area contributed by atoms with Crippen molar-refractivity contribution in [3.8, 4) is 0 Å². The lowest BCUT2D eigenvalue weighted by Crippen LogP contribution is -2.21. The van der Waals surface area contributed by atoms with Crippen LogP contribution in [0.4, 0.5) is 10.1 Å². The van der Waals surface area contributed by atoms with Gasteiger partial charge in [0.15, 0.2) is 0 Å². The van der Waals surface area contributed by atoms with Crippen LogP contribution in [0.3, 0.4) is 0 Å². The van der Waals surface area contributed by atoms with Crippen LogP contribution in [0, 0.1) is 5.82 Å². The third kappa shape index (κ3) is 3.08. The Labute approximate surface area is 123 Å². The molecular weight excluding hydrogens is 271 g/mol. The lowest BCUT2D eigenvalue weighted by molar-refractivity contribution is -0.105. The van der Waals surface area contributed by atoms with E-state index in [0.717, 1.165) is 16.6 Å². The van der Waals surface area contributed by atoms with Gasteiger partial charge in [-0.05, 0) is 19.1 Å². The molecule has 0 spiro atoms. The monoisotopic (exact) mass is 292 g/mol. The van der Waals surface area contributed by atoms with Crippen LogP contribution in [-0.4, -0.2) is 22.2 Å². The minimum absolute atomic E-state index is 0.136. The predicted octanol–water partition coefficient (Wildman–Crippen LogP) is 3.03. The summed E-state index contributed by atoms with van der Waals surface area (Å²) < 4.78 is 16.0. The van der Waals surface area contributed by atoms with E-state index in [0.29, 0.717) is 13.0 Å². The van der Waals surface area contributed by atoms with Crippen molar-refractivity contribution in [2.75, 3.05) is 5.32 Å². The van der Waals surface area contributed by atoms with Crippen LogP contribution in [0.5, 0.6) is 0 Å². The number of hydrogen-bond donors (Lipinski definition) is 2. The zero-order valence-electron chi connectivity index (χ0n) is 12.8. The van der Waals surface area contributed by atoms with E-state index in [1.54, 1.807) is 13.0 Å². The summed E-state index contributed by atoms with van der Waals surface area (Å²) in [6.07, 6.45) is -0.0700. The fourth-order valence-corrected chi connectivity index (χ4v) is 2.54. The minimum Gasteiger partial charge on any atom is -0.392 e. The van der Waals surface area contributed by atoms with E-state index in [1.807, 2.05) is 10.6 Å². The summed E-state index contributed by atoms with van der Waals surface area (Å²) in [5, 5.41) is 12.9. The topological polar surface area (TPSA) is 54.3 Å². The van der Waals surface area contributed by atoms with Gasteiger partial charge in [0, 0.05) is 29.1 Å². The van der Waals surface area contributed by atoms with Gasteiger partial charge in [-0.25, -0.2) is 4.39 Å². The smallest absolute Gasteiger partial charge is 0.211 e. The number of halogens is 1. The first kappa shape index (κ1) is 15.5. The molecule has 0 radical (unpaired) electrons. The van der Waals surface area contributed by atoms with Crippen LogP contribution in [-0.2, 0) is 16.8 Å². The molecule has 0 aliphatic rings. The fraction of sp³-hybridized carbons (Fsp3) is 0.438. The standard InChI is InChI=1S/C16H21FN2O2/c1-10(21)8-19-14-7-12(17)13(18-9-20)5-11(14)6-15(19)16(2,3)4/h5-7,9-10,21H,8H2,1-4H3,(H,18,20). The van der Waals surface area contributed by atoms with E-state index in [1.165, 1.54) is 6.07 Å². The molecule has 114 valence electrons. The fourth-order valence-electron chi connectivity index (χ4n) is 2.54. The largest absolute Gasteiger partial charge is 0.392 e. The van der Waals surface area contributed by atoms with Gasteiger partial charge in [0.1, 0.15) is 5.82 Å². The molecule has 1 unspecified atom stereocenters. The summed E-state index contributed by atoms with van der Waals surface area (Å²) in [5.41, 5.74) is 1.76. The lowest BCUT2D eigenvalue weighted by Gasteiger charge is -2.23. The molecule has 1 amide bonds. The highest BCUT2D eigenvalue weighted by Crippen LogP contribution is 2.32. The maximum atomic E-state index is 14.0. The Balaban J connectivity index is 2.70. The minimum atomic E-state index is -0.530. The molecule has 0 fully saturated rings. The molecule has 1 atom stereocenters. The molecule has 0 saturated heterocycles. The van der Waals surface area contributed by atoms with E-state index < -0.39 is 11.9 Å². The van der Waals surface area contributed by atoms with Gasteiger partial charge in [-0.3, -0.25) is 4.79 Å². The van der Waals surface area contributed by atoms with Gasteiger partial charge in [0.05, 0.1) is 17.3 Å². The molecule has 1 heterocycles. The third-order valence-corrected chi connectivity index (χ3v) is 3.42. The highest BCUT2D eigenvalue weighted by molar-refractivity contribution is 5.87. The number of amides is 1. The average Bonchev–Trinajstić information content (AvgIpc) is 2.68. The number of aromatic nitrogens is 1. The first-order valence-electron chi connectivity index (χ1n) is 6.95. The molecule has 0 bridgehead atoms. The average molecular weight is 292 g/mol. The van der Waals surface area contributed by atoms with E-state index in [9.17, 15) is 14.3 Å². The summed E-state index contributed by atoms with van der Waals surface area (Å²) in [6, 6.07) is 5.00. The molecule has 1 aromatic heterocycles. The maximum absolute atomic E-state index is 14.0. The van der Waals surface area contributed by atoms with Crippen LogP contribution < -0.4 is 5.32 Å². The van der Waals surface area contributed by atoms with Gasteiger partial charge in [0.2, 0.25) is 6.41 Å². The van der Waals surface area contributed by atoms with Gasteiger partial charge < -0.3 is 15.0 Å². The van der Waals surface area contributed by atoms with Crippen molar-refractivity contribution in [2.24, 2.45) is 0 Å². The molecule has 5 heteroatoms. The maximum Gasteiger partial charge on any atom is 0.211 e. The number of nitrogens with zero attached hydrogens (tertiary/aromatic N) is 1. The van der Waals surface area contributed by atoms with E-state index >= 15 is 0 Å². The van der Waals surface area contributed by atoms with Gasteiger partial charge >= 0.3 is 0 Å². The number of benzene rings is 1. The summed E-state index contributed by atoms with van der Waals surface area (Å²) >= 11 is 0. The van der Waals surface area contributed by atoms with Crippen LogP contribution in [0.25, 0.3) is 10.9 Å². The molecule has 4 nitrogen and oxygen atoms in total.